The molecule has 1 amide bonds. The summed E-state index contributed by atoms with van der Waals surface area (Å²) in [6, 6.07) is 0. The van der Waals surface area contributed by atoms with Gasteiger partial charge in [0.05, 0.1) is 23.6 Å². The van der Waals surface area contributed by atoms with Crippen molar-refractivity contribution in [1.29, 1.82) is 0 Å². The van der Waals surface area contributed by atoms with Crippen LogP contribution in [0.25, 0.3) is 0 Å². The number of anilines is 1. The number of nitrogens with one attached hydrogen (secondary N) is 1. The molecule has 1 aliphatic heterocycles. The maximum atomic E-state index is 11.9. The van der Waals surface area contributed by atoms with Gasteiger partial charge in [-0.2, -0.15) is 0 Å². The Morgan fingerprint density at radius 1 is 1.37 bits per heavy atom. The van der Waals surface area contributed by atoms with Gasteiger partial charge in [-0.05, 0) is 20.9 Å². The minimum atomic E-state index is -0.320. The van der Waals surface area contributed by atoms with E-state index in [0.717, 1.165) is 29.3 Å². The van der Waals surface area contributed by atoms with Gasteiger partial charge in [-0.1, -0.05) is 6.92 Å². The van der Waals surface area contributed by atoms with Gasteiger partial charge in [-0.25, -0.2) is 14.8 Å². The molecule has 0 bridgehead atoms. The Labute approximate surface area is 113 Å². The van der Waals surface area contributed by atoms with Gasteiger partial charge in [0.25, 0.3) is 0 Å². The monoisotopic (exact) mass is 264 g/mol. The molecule has 0 radical (unpaired) electrons. The third kappa shape index (κ3) is 2.68. The van der Waals surface area contributed by atoms with Crippen LogP contribution in [0.5, 0.6) is 0 Å². The molecule has 1 aliphatic rings. The zero-order valence-electron chi connectivity index (χ0n) is 11.9. The Balaban J connectivity index is 2.30. The lowest BCUT2D eigenvalue weighted by atomic mass is 10.2. The lowest BCUT2D eigenvalue weighted by molar-refractivity contribution is 0.141. The fourth-order valence-electron chi connectivity index (χ4n) is 2.37. The van der Waals surface area contributed by atoms with E-state index < -0.39 is 0 Å². The van der Waals surface area contributed by atoms with E-state index in [1.807, 2.05) is 27.8 Å². The molecular weight excluding hydrogens is 244 g/mol. The molecule has 1 fully saturated rings. The number of hydrogen-bond donors (Lipinski definition) is 1. The van der Waals surface area contributed by atoms with Gasteiger partial charge in [0.15, 0.2) is 0 Å². The number of aromatic nitrogens is 2. The van der Waals surface area contributed by atoms with E-state index in [0.29, 0.717) is 13.1 Å². The molecule has 1 N–H and O–H groups in total. The summed E-state index contributed by atoms with van der Waals surface area (Å²) >= 11 is 0. The Bertz CT molecular complexity index is 467. The SMILES string of the molecule is CCc1nc(C)c(N2C[C@H](CNC)OC2=O)c(C)n1. The van der Waals surface area contributed by atoms with Crippen LogP contribution in [0.4, 0.5) is 10.5 Å². The second-order valence-electron chi connectivity index (χ2n) is 4.69. The number of aryl methyl sites for hydroxylation is 3. The van der Waals surface area contributed by atoms with E-state index in [1.165, 1.54) is 0 Å². The van der Waals surface area contributed by atoms with Crippen LogP contribution in [0, 0.1) is 13.8 Å². The third-order valence-electron chi connectivity index (χ3n) is 3.17. The second kappa shape index (κ2) is 5.52. The first-order valence-corrected chi connectivity index (χ1v) is 6.53. The van der Waals surface area contributed by atoms with E-state index in [9.17, 15) is 4.79 Å². The molecule has 104 valence electrons. The Morgan fingerprint density at radius 3 is 2.53 bits per heavy atom. The first kappa shape index (κ1) is 13.7. The van der Waals surface area contributed by atoms with Gasteiger partial charge >= 0.3 is 6.09 Å². The minimum absolute atomic E-state index is 0.123. The minimum Gasteiger partial charge on any atom is -0.443 e. The van der Waals surface area contributed by atoms with Crippen LogP contribution in [-0.2, 0) is 11.2 Å². The summed E-state index contributed by atoms with van der Waals surface area (Å²) in [6.45, 7) is 7.01. The molecule has 2 rings (SSSR count). The highest BCUT2D eigenvalue weighted by molar-refractivity contribution is 5.91. The van der Waals surface area contributed by atoms with Gasteiger partial charge in [0.1, 0.15) is 11.9 Å². The summed E-state index contributed by atoms with van der Waals surface area (Å²) in [7, 11) is 1.84. The number of amides is 1. The van der Waals surface area contributed by atoms with E-state index in [-0.39, 0.29) is 12.2 Å². The van der Waals surface area contributed by atoms with Gasteiger partial charge < -0.3 is 10.1 Å². The van der Waals surface area contributed by atoms with E-state index in [2.05, 4.69) is 15.3 Å². The van der Waals surface area contributed by atoms with Crippen molar-refractivity contribution in [3.63, 3.8) is 0 Å². The van der Waals surface area contributed by atoms with Crippen LogP contribution in [0.15, 0.2) is 0 Å². The van der Waals surface area contributed by atoms with Gasteiger partial charge in [-0.15, -0.1) is 0 Å². The first-order valence-electron chi connectivity index (χ1n) is 6.53. The van der Waals surface area contributed by atoms with E-state index in [1.54, 1.807) is 4.90 Å². The molecule has 1 aromatic rings. The van der Waals surface area contributed by atoms with Crippen LogP contribution in [0.2, 0.25) is 0 Å². The molecule has 2 heterocycles. The molecule has 1 atom stereocenters. The summed E-state index contributed by atoms with van der Waals surface area (Å²) in [6.07, 6.45) is 0.343. The highest BCUT2D eigenvalue weighted by Crippen LogP contribution is 2.26. The van der Waals surface area contributed by atoms with Crippen molar-refractivity contribution >= 4 is 11.8 Å². The van der Waals surface area contributed by atoms with Crippen LogP contribution >= 0.6 is 0 Å². The fraction of sp³-hybridized carbons (Fsp3) is 0.615. The summed E-state index contributed by atoms with van der Waals surface area (Å²) in [4.78, 5) is 22.4. The molecule has 19 heavy (non-hydrogen) atoms. The third-order valence-corrected chi connectivity index (χ3v) is 3.17. The lowest BCUT2D eigenvalue weighted by Gasteiger charge is -2.18. The normalized spacial score (nSPS) is 18.8. The molecule has 6 nitrogen and oxygen atoms in total. The van der Waals surface area contributed by atoms with Crippen molar-refractivity contribution in [2.75, 3.05) is 25.0 Å². The van der Waals surface area contributed by atoms with Crippen molar-refractivity contribution in [2.24, 2.45) is 0 Å². The molecule has 6 heteroatoms. The number of carbonyl (C=O) groups is 1. The molecule has 0 aromatic carbocycles. The summed E-state index contributed by atoms with van der Waals surface area (Å²) in [5.74, 6) is 0.804. The average Bonchev–Trinajstić information content (AvgIpc) is 2.70. The van der Waals surface area contributed by atoms with Crippen molar-refractivity contribution in [2.45, 2.75) is 33.3 Å². The molecule has 1 saturated heterocycles. The number of carbonyl (C=O) groups excluding carboxylic acids is 1. The Kier molecular flexibility index (Phi) is 3.99. The number of hydrogen-bond acceptors (Lipinski definition) is 5. The van der Waals surface area contributed by atoms with Crippen LogP contribution in [0.3, 0.4) is 0 Å². The summed E-state index contributed by atoms with van der Waals surface area (Å²) in [5, 5.41) is 3.01. The van der Waals surface area contributed by atoms with Crippen LogP contribution in [-0.4, -0.2) is 42.3 Å². The van der Waals surface area contributed by atoms with Crippen molar-refractivity contribution in [3.8, 4) is 0 Å². The average molecular weight is 264 g/mol. The zero-order valence-corrected chi connectivity index (χ0v) is 11.9. The number of rotatable bonds is 4. The maximum Gasteiger partial charge on any atom is 0.414 e. The molecule has 0 spiro atoms. The standard InChI is InChI=1S/C13H20N4O2/c1-5-11-15-8(2)12(9(3)16-11)17-7-10(6-14-4)19-13(17)18/h10,14H,5-7H2,1-4H3/t10-/m0/s1. The molecule has 0 unspecified atom stereocenters. The lowest BCUT2D eigenvalue weighted by Crippen LogP contribution is -2.30. The van der Waals surface area contributed by atoms with Crippen molar-refractivity contribution in [3.05, 3.63) is 17.2 Å². The number of nitrogens with zero attached hydrogens (tertiary/aromatic N) is 3. The quantitative estimate of drug-likeness (QED) is 0.885. The van der Waals surface area contributed by atoms with Crippen LogP contribution < -0.4 is 10.2 Å². The summed E-state index contributed by atoms with van der Waals surface area (Å²) < 4.78 is 5.30. The van der Waals surface area contributed by atoms with E-state index >= 15 is 0 Å². The largest absolute Gasteiger partial charge is 0.443 e. The number of likely N-dealkylation sites (N-methyl/N-ethyl adjacent to an activating group) is 1. The molecule has 0 aliphatic carbocycles. The predicted molar refractivity (Wildman–Crippen MR) is 72.4 cm³/mol. The second-order valence-corrected chi connectivity index (χ2v) is 4.69. The smallest absolute Gasteiger partial charge is 0.414 e. The molecule has 0 saturated carbocycles. The predicted octanol–water partition coefficient (Wildman–Crippen LogP) is 1.20. The Hall–Kier alpha value is -1.69. The van der Waals surface area contributed by atoms with Crippen LogP contribution in [0.1, 0.15) is 24.1 Å². The topological polar surface area (TPSA) is 67.3 Å². The molecular formula is C13H20N4O2. The Morgan fingerprint density at radius 2 is 2.00 bits per heavy atom. The van der Waals surface area contributed by atoms with Crippen molar-refractivity contribution < 1.29 is 9.53 Å². The first-order chi connectivity index (χ1) is 9.06. The molecule has 1 aromatic heterocycles. The maximum absolute atomic E-state index is 11.9. The van der Waals surface area contributed by atoms with Gasteiger partial charge in [-0.3, -0.25) is 4.90 Å². The van der Waals surface area contributed by atoms with Crippen molar-refractivity contribution in [1.82, 2.24) is 15.3 Å². The summed E-state index contributed by atoms with van der Waals surface area (Å²) in [5.41, 5.74) is 2.43. The highest BCUT2D eigenvalue weighted by atomic mass is 16.6. The van der Waals surface area contributed by atoms with Gasteiger partial charge in [0.2, 0.25) is 0 Å². The number of ether oxygens (including phenoxy) is 1. The van der Waals surface area contributed by atoms with Gasteiger partial charge in [0, 0.05) is 13.0 Å². The zero-order chi connectivity index (χ0) is 14.0. The van der Waals surface area contributed by atoms with E-state index in [4.69, 9.17) is 4.74 Å². The highest BCUT2D eigenvalue weighted by Gasteiger charge is 2.34. The number of cyclic esters (lactones) is 1. The fourth-order valence-corrected chi connectivity index (χ4v) is 2.37.